The molecule has 0 aliphatic carbocycles. The minimum Gasteiger partial charge on any atom is -0.361 e. The van der Waals surface area contributed by atoms with Crippen LogP contribution in [0.4, 0.5) is 0 Å². The van der Waals surface area contributed by atoms with Crippen LogP contribution >= 0.6 is 27.5 Å². The summed E-state index contributed by atoms with van der Waals surface area (Å²) in [5.41, 5.74) is 1.41. The summed E-state index contributed by atoms with van der Waals surface area (Å²) >= 11 is 8.83. The quantitative estimate of drug-likeness (QED) is 0.797. The Balaban J connectivity index is 2.44. The summed E-state index contributed by atoms with van der Waals surface area (Å²) < 4.78 is 6.74. The number of aromatic nitrogens is 3. The molecule has 7 heteroatoms. The lowest BCUT2D eigenvalue weighted by atomic mass is 10.2. The van der Waals surface area contributed by atoms with E-state index >= 15 is 0 Å². The Labute approximate surface area is 111 Å². The second-order valence-electron chi connectivity index (χ2n) is 3.59. The first-order valence-corrected chi connectivity index (χ1v) is 6.00. The van der Waals surface area contributed by atoms with Crippen LogP contribution in [0.5, 0.6) is 0 Å². The standard InChI is InChI=1S/C10H9BrClN3O2/c1-5-7(6(2)17-14-5)3-15-4-13-9(12)8(11)10(15)16/h4H,3H2,1-2H3. The van der Waals surface area contributed by atoms with Gasteiger partial charge in [-0.3, -0.25) is 9.36 Å². The highest BCUT2D eigenvalue weighted by molar-refractivity contribution is 9.10. The van der Waals surface area contributed by atoms with Gasteiger partial charge < -0.3 is 4.52 Å². The van der Waals surface area contributed by atoms with Crippen molar-refractivity contribution >= 4 is 27.5 Å². The lowest BCUT2D eigenvalue weighted by Gasteiger charge is -2.05. The summed E-state index contributed by atoms with van der Waals surface area (Å²) in [5, 5.41) is 3.99. The number of aryl methyl sites for hydroxylation is 2. The molecule has 2 aromatic rings. The van der Waals surface area contributed by atoms with Crippen LogP contribution in [-0.2, 0) is 6.54 Å². The highest BCUT2D eigenvalue weighted by atomic mass is 79.9. The van der Waals surface area contributed by atoms with Crippen LogP contribution in [0.3, 0.4) is 0 Å². The Kier molecular flexibility index (Phi) is 3.35. The monoisotopic (exact) mass is 317 g/mol. The van der Waals surface area contributed by atoms with Crippen molar-refractivity contribution in [3.8, 4) is 0 Å². The fourth-order valence-corrected chi connectivity index (χ4v) is 1.91. The van der Waals surface area contributed by atoms with Gasteiger partial charge in [0, 0.05) is 5.56 Å². The molecule has 0 aliphatic heterocycles. The summed E-state index contributed by atoms with van der Waals surface area (Å²) in [6, 6.07) is 0. The first-order chi connectivity index (χ1) is 8.00. The maximum absolute atomic E-state index is 11.9. The molecule has 0 spiro atoms. The largest absolute Gasteiger partial charge is 0.361 e. The van der Waals surface area contributed by atoms with E-state index < -0.39 is 0 Å². The van der Waals surface area contributed by atoms with Gasteiger partial charge in [-0.15, -0.1) is 0 Å². The summed E-state index contributed by atoms with van der Waals surface area (Å²) in [6.45, 7) is 4.00. The van der Waals surface area contributed by atoms with Gasteiger partial charge in [-0.05, 0) is 29.8 Å². The third-order valence-electron chi connectivity index (χ3n) is 2.45. The zero-order chi connectivity index (χ0) is 12.6. The van der Waals surface area contributed by atoms with Crippen molar-refractivity contribution in [2.45, 2.75) is 20.4 Å². The van der Waals surface area contributed by atoms with Gasteiger partial charge >= 0.3 is 0 Å². The van der Waals surface area contributed by atoms with Gasteiger partial charge in [0.25, 0.3) is 5.56 Å². The predicted octanol–water partition coefficient (Wildman–Crippen LogP) is 2.31. The molecule has 0 unspecified atom stereocenters. The molecule has 0 bridgehead atoms. The van der Waals surface area contributed by atoms with E-state index in [0.29, 0.717) is 12.3 Å². The average molecular weight is 319 g/mol. The van der Waals surface area contributed by atoms with Crippen LogP contribution in [0.25, 0.3) is 0 Å². The molecule has 2 heterocycles. The zero-order valence-corrected chi connectivity index (χ0v) is 11.5. The number of rotatable bonds is 2. The third-order valence-corrected chi connectivity index (χ3v) is 3.68. The van der Waals surface area contributed by atoms with Crippen LogP contribution in [0.2, 0.25) is 5.15 Å². The molecule has 0 saturated carbocycles. The van der Waals surface area contributed by atoms with E-state index in [-0.39, 0.29) is 15.2 Å². The van der Waals surface area contributed by atoms with Gasteiger partial charge in [-0.1, -0.05) is 16.8 Å². The van der Waals surface area contributed by atoms with E-state index in [4.69, 9.17) is 16.1 Å². The number of hydrogen-bond acceptors (Lipinski definition) is 4. The van der Waals surface area contributed by atoms with Crippen molar-refractivity contribution in [3.63, 3.8) is 0 Å². The van der Waals surface area contributed by atoms with Crippen molar-refractivity contribution in [2.75, 3.05) is 0 Å². The summed E-state index contributed by atoms with van der Waals surface area (Å²) in [6.07, 6.45) is 1.40. The van der Waals surface area contributed by atoms with Crippen molar-refractivity contribution in [1.29, 1.82) is 0 Å². The fourth-order valence-electron chi connectivity index (χ4n) is 1.45. The van der Waals surface area contributed by atoms with Crippen molar-refractivity contribution in [1.82, 2.24) is 14.7 Å². The molecule has 0 N–H and O–H groups in total. The van der Waals surface area contributed by atoms with Crippen molar-refractivity contribution in [2.24, 2.45) is 0 Å². The van der Waals surface area contributed by atoms with E-state index in [2.05, 4.69) is 26.1 Å². The Morgan fingerprint density at radius 2 is 2.24 bits per heavy atom. The van der Waals surface area contributed by atoms with Gasteiger partial charge in [-0.2, -0.15) is 0 Å². The zero-order valence-electron chi connectivity index (χ0n) is 9.20. The molecule has 0 aliphatic rings. The molecular weight excluding hydrogens is 309 g/mol. The average Bonchev–Trinajstić information content (AvgIpc) is 2.61. The maximum Gasteiger partial charge on any atom is 0.269 e. The fraction of sp³-hybridized carbons (Fsp3) is 0.300. The summed E-state index contributed by atoms with van der Waals surface area (Å²) in [4.78, 5) is 15.8. The Hall–Kier alpha value is -1.14. The second kappa shape index (κ2) is 4.62. The number of halogens is 2. The van der Waals surface area contributed by atoms with E-state index in [9.17, 15) is 4.79 Å². The van der Waals surface area contributed by atoms with Gasteiger partial charge in [0.05, 0.1) is 18.6 Å². The van der Waals surface area contributed by atoms with Crippen LogP contribution in [-0.4, -0.2) is 14.7 Å². The van der Waals surface area contributed by atoms with E-state index in [1.807, 2.05) is 6.92 Å². The molecule has 0 atom stereocenters. The normalized spacial score (nSPS) is 10.8. The second-order valence-corrected chi connectivity index (χ2v) is 4.74. The molecule has 90 valence electrons. The number of nitrogens with zero attached hydrogens (tertiary/aromatic N) is 3. The first-order valence-electron chi connectivity index (χ1n) is 4.83. The lowest BCUT2D eigenvalue weighted by molar-refractivity contribution is 0.392. The smallest absolute Gasteiger partial charge is 0.269 e. The van der Waals surface area contributed by atoms with Crippen LogP contribution in [0, 0.1) is 13.8 Å². The minimum absolute atomic E-state index is 0.157. The molecule has 0 fully saturated rings. The molecule has 17 heavy (non-hydrogen) atoms. The lowest BCUT2D eigenvalue weighted by Crippen LogP contribution is -2.22. The minimum atomic E-state index is -0.231. The Morgan fingerprint density at radius 3 is 2.82 bits per heavy atom. The first kappa shape index (κ1) is 12.3. The Bertz CT molecular complexity index is 601. The van der Waals surface area contributed by atoms with Gasteiger partial charge in [-0.25, -0.2) is 4.98 Å². The van der Waals surface area contributed by atoms with Crippen molar-refractivity contribution < 1.29 is 4.52 Å². The highest BCUT2D eigenvalue weighted by Gasteiger charge is 2.12. The molecule has 0 aromatic carbocycles. The van der Waals surface area contributed by atoms with Crippen LogP contribution < -0.4 is 5.56 Å². The molecule has 0 saturated heterocycles. The summed E-state index contributed by atoms with van der Waals surface area (Å²) in [7, 11) is 0. The molecular formula is C10H9BrClN3O2. The summed E-state index contributed by atoms with van der Waals surface area (Å²) in [5.74, 6) is 0.695. The highest BCUT2D eigenvalue weighted by Crippen LogP contribution is 2.16. The van der Waals surface area contributed by atoms with Crippen molar-refractivity contribution in [3.05, 3.63) is 43.3 Å². The van der Waals surface area contributed by atoms with Gasteiger partial charge in [0.2, 0.25) is 0 Å². The predicted molar refractivity (Wildman–Crippen MR) is 66.3 cm³/mol. The van der Waals surface area contributed by atoms with E-state index in [1.165, 1.54) is 10.9 Å². The van der Waals surface area contributed by atoms with E-state index in [1.54, 1.807) is 6.92 Å². The Morgan fingerprint density at radius 1 is 1.53 bits per heavy atom. The van der Waals surface area contributed by atoms with E-state index in [0.717, 1.165) is 11.3 Å². The van der Waals surface area contributed by atoms with Crippen LogP contribution in [0.1, 0.15) is 17.0 Å². The van der Waals surface area contributed by atoms with Gasteiger partial charge in [0.15, 0.2) is 5.15 Å². The number of hydrogen-bond donors (Lipinski definition) is 0. The third kappa shape index (κ3) is 2.28. The molecule has 0 amide bonds. The van der Waals surface area contributed by atoms with Gasteiger partial charge in [0.1, 0.15) is 10.2 Å². The SMILES string of the molecule is Cc1noc(C)c1Cn1cnc(Cl)c(Br)c1=O. The molecule has 2 rings (SSSR count). The molecule has 5 nitrogen and oxygen atoms in total. The maximum atomic E-state index is 11.9. The topological polar surface area (TPSA) is 60.9 Å². The molecule has 0 radical (unpaired) electrons. The van der Waals surface area contributed by atoms with Crippen LogP contribution in [0.15, 0.2) is 20.1 Å². The molecule has 2 aromatic heterocycles.